The fourth-order valence-corrected chi connectivity index (χ4v) is 4.31. The van der Waals surface area contributed by atoms with Crippen molar-refractivity contribution in [2.75, 3.05) is 26.7 Å². The number of hydrogen-bond acceptors (Lipinski definition) is 6. The molecule has 0 spiro atoms. The summed E-state index contributed by atoms with van der Waals surface area (Å²) in [5.41, 5.74) is 1.40. The molecule has 1 aromatic carbocycles. The van der Waals surface area contributed by atoms with Gasteiger partial charge in [0, 0.05) is 19.6 Å². The molecule has 1 fully saturated rings. The SMILES string of the molecule is CCCCN1CCN(S(=O)(=O)c2ccc(OC)cc2)C(C(=O)NO)C1=O. The molecule has 144 valence electrons. The van der Waals surface area contributed by atoms with Crippen LogP contribution in [-0.2, 0) is 19.6 Å². The number of methoxy groups -OCH3 is 1. The van der Waals surface area contributed by atoms with Gasteiger partial charge in [-0.15, -0.1) is 0 Å². The Kier molecular flexibility index (Phi) is 6.57. The highest BCUT2D eigenvalue weighted by Crippen LogP contribution is 2.24. The van der Waals surface area contributed by atoms with Crippen molar-refractivity contribution in [1.29, 1.82) is 0 Å². The second-order valence-electron chi connectivity index (χ2n) is 5.85. The monoisotopic (exact) mass is 385 g/mol. The van der Waals surface area contributed by atoms with Crippen LogP contribution in [0.3, 0.4) is 0 Å². The third-order valence-electron chi connectivity index (χ3n) is 4.23. The Labute approximate surface area is 152 Å². The smallest absolute Gasteiger partial charge is 0.271 e. The van der Waals surface area contributed by atoms with Gasteiger partial charge in [-0.25, -0.2) is 13.9 Å². The van der Waals surface area contributed by atoms with Crippen LogP contribution in [0.5, 0.6) is 5.75 Å². The summed E-state index contributed by atoms with van der Waals surface area (Å²) in [4.78, 5) is 26.1. The van der Waals surface area contributed by atoms with E-state index in [9.17, 15) is 18.0 Å². The summed E-state index contributed by atoms with van der Waals surface area (Å²) in [7, 11) is -2.65. The van der Waals surface area contributed by atoms with Crippen molar-refractivity contribution in [2.45, 2.75) is 30.7 Å². The number of hydroxylamine groups is 1. The molecule has 26 heavy (non-hydrogen) atoms. The Morgan fingerprint density at radius 3 is 2.50 bits per heavy atom. The zero-order valence-corrected chi connectivity index (χ0v) is 15.5. The predicted octanol–water partition coefficient (Wildman–Crippen LogP) is 0.202. The number of rotatable bonds is 7. The summed E-state index contributed by atoms with van der Waals surface area (Å²) >= 11 is 0. The normalized spacial score (nSPS) is 18.7. The Morgan fingerprint density at radius 1 is 1.31 bits per heavy atom. The summed E-state index contributed by atoms with van der Waals surface area (Å²) < 4.78 is 31.7. The zero-order valence-electron chi connectivity index (χ0n) is 14.7. The van der Waals surface area contributed by atoms with Crippen LogP contribution in [0.15, 0.2) is 29.2 Å². The maximum absolute atomic E-state index is 12.9. The van der Waals surface area contributed by atoms with Crippen LogP contribution in [0.4, 0.5) is 0 Å². The minimum atomic E-state index is -4.11. The third kappa shape index (κ3) is 3.97. The van der Waals surface area contributed by atoms with Gasteiger partial charge < -0.3 is 9.64 Å². The Hall–Kier alpha value is -2.17. The van der Waals surface area contributed by atoms with Crippen molar-refractivity contribution in [1.82, 2.24) is 14.7 Å². The van der Waals surface area contributed by atoms with Gasteiger partial charge in [-0.2, -0.15) is 4.31 Å². The lowest BCUT2D eigenvalue weighted by Crippen LogP contribution is -2.63. The highest BCUT2D eigenvalue weighted by molar-refractivity contribution is 7.89. The number of hydrogen-bond donors (Lipinski definition) is 2. The first-order valence-electron chi connectivity index (χ1n) is 8.25. The maximum Gasteiger partial charge on any atom is 0.271 e. The summed E-state index contributed by atoms with van der Waals surface area (Å²) in [6.07, 6.45) is 1.60. The first-order valence-corrected chi connectivity index (χ1v) is 9.69. The Balaban J connectivity index is 2.35. The van der Waals surface area contributed by atoms with Crippen molar-refractivity contribution in [2.24, 2.45) is 0 Å². The van der Waals surface area contributed by atoms with Crippen LogP contribution in [0.1, 0.15) is 19.8 Å². The number of carbonyl (C=O) groups excluding carboxylic acids is 2. The molecule has 1 atom stereocenters. The standard InChI is InChI=1S/C16H23N3O6S/c1-3-4-9-18-10-11-19(14(16(18)21)15(20)17-22)26(23,24)13-7-5-12(25-2)6-8-13/h5-8,14,22H,3-4,9-11H2,1-2H3,(H,17,20). The molecule has 1 heterocycles. The van der Waals surface area contributed by atoms with E-state index in [0.29, 0.717) is 12.3 Å². The van der Waals surface area contributed by atoms with Gasteiger partial charge in [0.2, 0.25) is 10.0 Å². The van der Waals surface area contributed by atoms with Gasteiger partial charge in [-0.05, 0) is 30.7 Å². The van der Waals surface area contributed by atoms with E-state index in [2.05, 4.69) is 0 Å². The fraction of sp³-hybridized carbons (Fsp3) is 0.500. The molecule has 0 bridgehead atoms. The number of benzene rings is 1. The number of sulfonamides is 1. The van der Waals surface area contributed by atoms with E-state index in [1.807, 2.05) is 6.92 Å². The number of ether oxygens (including phenoxy) is 1. The molecular weight excluding hydrogens is 362 g/mol. The molecule has 0 aromatic heterocycles. The van der Waals surface area contributed by atoms with Crippen LogP contribution in [0.25, 0.3) is 0 Å². The average Bonchev–Trinajstić information content (AvgIpc) is 2.66. The average molecular weight is 385 g/mol. The molecule has 1 aromatic rings. The van der Waals surface area contributed by atoms with Crippen LogP contribution in [0, 0.1) is 0 Å². The molecule has 0 aliphatic carbocycles. The summed E-state index contributed by atoms with van der Waals surface area (Å²) in [6, 6.07) is 4.00. The van der Waals surface area contributed by atoms with Crippen molar-refractivity contribution in [3.8, 4) is 5.75 Å². The first-order chi connectivity index (χ1) is 12.4. The third-order valence-corrected chi connectivity index (χ3v) is 6.11. The van der Waals surface area contributed by atoms with Crippen LogP contribution < -0.4 is 10.2 Å². The number of piperazine rings is 1. The van der Waals surface area contributed by atoms with Gasteiger partial charge in [-0.1, -0.05) is 13.3 Å². The van der Waals surface area contributed by atoms with Gasteiger partial charge in [0.15, 0.2) is 6.04 Å². The highest BCUT2D eigenvalue weighted by Gasteiger charge is 2.45. The van der Waals surface area contributed by atoms with E-state index in [-0.39, 0.29) is 18.0 Å². The van der Waals surface area contributed by atoms with Gasteiger partial charge in [0.05, 0.1) is 12.0 Å². The Bertz CT molecular complexity index is 750. The number of carbonyl (C=O) groups is 2. The molecule has 1 aliphatic rings. The molecule has 2 N–H and O–H groups in total. The second kappa shape index (κ2) is 8.47. The lowest BCUT2D eigenvalue weighted by atomic mass is 10.1. The number of amides is 2. The number of unbranched alkanes of at least 4 members (excludes halogenated alkanes) is 1. The Morgan fingerprint density at radius 2 is 1.96 bits per heavy atom. The van der Waals surface area contributed by atoms with E-state index < -0.39 is 27.9 Å². The minimum absolute atomic E-state index is 0.0398. The first kappa shape index (κ1) is 20.1. The topological polar surface area (TPSA) is 116 Å². The molecule has 10 heteroatoms. The van der Waals surface area contributed by atoms with E-state index in [1.165, 1.54) is 41.8 Å². The predicted molar refractivity (Wildman–Crippen MR) is 92.1 cm³/mol. The van der Waals surface area contributed by atoms with Crippen LogP contribution in [0.2, 0.25) is 0 Å². The number of nitrogens with one attached hydrogen (secondary N) is 1. The van der Waals surface area contributed by atoms with Gasteiger partial charge in [0.25, 0.3) is 11.8 Å². The van der Waals surface area contributed by atoms with Crippen molar-refractivity contribution < 1.29 is 28.0 Å². The quantitative estimate of drug-likeness (QED) is 0.394. The summed E-state index contributed by atoms with van der Waals surface area (Å²) in [5.74, 6) is -1.24. The van der Waals surface area contributed by atoms with Crippen LogP contribution in [-0.4, -0.2) is 67.4 Å². The molecule has 0 saturated carbocycles. The lowest BCUT2D eigenvalue weighted by molar-refractivity contribution is -0.149. The second-order valence-corrected chi connectivity index (χ2v) is 7.74. The minimum Gasteiger partial charge on any atom is -0.497 e. The molecule has 2 amide bonds. The molecular formula is C16H23N3O6S. The summed E-state index contributed by atoms with van der Waals surface area (Å²) in [6.45, 7) is 2.54. The van der Waals surface area contributed by atoms with E-state index >= 15 is 0 Å². The molecule has 1 aliphatic heterocycles. The van der Waals surface area contributed by atoms with Crippen molar-refractivity contribution in [3.05, 3.63) is 24.3 Å². The zero-order chi connectivity index (χ0) is 19.3. The number of nitrogens with zero attached hydrogens (tertiary/aromatic N) is 2. The fourth-order valence-electron chi connectivity index (χ4n) is 2.77. The van der Waals surface area contributed by atoms with E-state index in [0.717, 1.165) is 17.1 Å². The van der Waals surface area contributed by atoms with Gasteiger partial charge in [0.1, 0.15) is 5.75 Å². The largest absolute Gasteiger partial charge is 0.497 e. The molecule has 1 unspecified atom stereocenters. The van der Waals surface area contributed by atoms with Gasteiger partial charge in [-0.3, -0.25) is 14.8 Å². The molecule has 1 saturated heterocycles. The van der Waals surface area contributed by atoms with Crippen LogP contribution >= 0.6 is 0 Å². The van der Waals surface area contributed by atoms with E-state index in [4.69, 9.17) is 9.94 Å². The molecule has 2 rings (SSSR count). The molecule has 9 nitrogen and oxygen atoms in total. The van der Waals surface area contributed by atoms with Crippen molar-refractivity contribution in [3.63, 3.8) is 0 Å². The highest BCUT2D eigenvalue weighted by atomic mass is 32.2. The van der Waals surface area contributed by atoms with Gasteiger partial charge >= 0.3 is 0 Å². The van der Waals surface area contributed by atoms with E-state index in [1.54, 1.807) is 0 Å². The summed E-state index contributed by atoms with van der Waals surface area (Å²) in [5, 5.41) is 8.98. The lowest BCUT2D eigenvalue weighted by Gasteiger charge is -2.38. The van der Waals surface area contributed by atoms with Crippen molar-refractivity contribution >= 4 is 21.8 Å². The molecule has 0 radical (unpaired) electrons. The maximum atomic E-state index is 12.9.